The second-order valence-electron chi connectivity index (χ2n) is 4.86. The van der Waals surface area contributed by atoms with Crippen LogP contribution >= 0.6 is 11.3 Å². The Labute approximate surface area is 129 Å². The number of hydrogen-bond acceptors (Lipinski definition) is 1. The molecule has 0 unspecified atom stereocenters. The van der Waals surface area contributed by atoms with E-state index in [0.29, 0.717) is 0 Å². The molecule has 1 heteroatoms. The van der Waals surface area contributed by atoms with Gasteiger partial charge in [0.2, 0.25) is 0 Å². The van der Waals surface area contributed by atoms with Crippen LogP contribution in [0.1, 0.15) is 57.9 Å². The first-order chi connectivity index (χ1) is 9.81. The molecule has 1 aromatic carbocycles. The summed E-state index contributed by atoms with van der Waals surface area (Å²) in [5.41, 5.74) is 1.32. The lowest BCUT2D eigenvalue weighted by Crippen LogP contribution is -1.73. The standard InChI is InChI=1S/C8H18.C7H8.C4H4S/c1-3-5-7-8-6-4-2;1-7-5-3-2-4-6-7;1-2-4-5-3-1/h3-8H2,1-2H3;2-6H,1H3;1-4H. The third-order valence-electron chi connectivity index (χ3n) is 2.82. The number of thiophene rings is 1. The summed E-state index contributed by atoms with van der Waals surface area (Å²) in [6.45, 7) is 6.60. The fourth-order valence-corrected chi connectivity index (χ4v) is 2.07. The summed E-state index contributed by atoms with van der Waals surface area (Å²) in [7, 11) is 0. The van der Waals surface area contributed by atoms with Crippen LogP contribution in [0.25, 0.3) is 0 Å². The van der Waals surface area contributed by atoms with E-state index in [1.165, 1.54) is 44.1 Å². The van der Waals surface area contributed by atoms with Gasteiger partial charge in [0.05, 0.1) is 0 Å². The van der Waals surface area contributed by atoms with E-state index in [4.69, 9.17) is 0 Å². The van der Waals surface area contributed by atoms with E-state index < -0.39 is 0 Å². The first kappa shape index (κ1) is 18.9. The van der Waals surface area contributed by atoms with Gasteiger partial charge in [0.25, 0.3) is 0 Å². The second kappa shape index (κ2) is 16.0. The average Bonchev–Trinajstić information content (AvgIpc) is 3.05. The summed E-state index contributed by atoms with van der Waals surface area (Å²) < 4.78 is 0. The smallest absolute Gasteiger partial charge is 0.00934 e. The van der Waals surface area contributed by atoms with Crippen LogP contribution in [-0.4, -0.2) is 0 Å². The second-order valence-corrected chi connectivity index (χ2v) is 5.68. The fourth-order valence-electron chi connectivity index (χ4n) is 1.61. The van der Waals surface area contributed by atoms with Gasteiger partial charge in [-0.1, -0.05) is 100 Å². The first-order valence-corrected chi connectivity index (χ1v) is 8.74. The molecule has 0 N–H and O–H groups in total. The lowest BCUT2D eigenvalue weighted by molar-refractivity contribution is 0.624. The zero-order valence-electron chi connectivity index (χ0n) is 13.3. The van der Waals surface area contributed by atoms with Crippen LogP contribution in [0.5, 0.6) is 0 Å². The highest BCUT2D eigenvalue weighted by Crippen LogP contribution is 2.03. The third-order valence-corrected chi connectivity index (χ3v) is 3.45. The quantitative estimate of drug-likeness (QED) is 0.515. The predicted molar refractivity (Wildman–Crippen MR) is 94.5 cm³/mol. The highest BCUT2D eigenvalue weighted by atomic mass is 32.1. The van der Waals surface area contributed by atoms with Crippen molar-refractivity contribution in [1.29, 1.82) is 0 Å². The van der Waals surface area contributed by atoms with E-state index in [-0.39, 0.29) is 0 Å². The number of benzene rings is 1. The van der Waals surface area contributed by atoms with Gasteiger partial charge in [-0.2, -0.15) is 11.3 Å². The van der Waals surface area contributed by atoms with E-state index in [1.54, 1.807) is 11.3 Å². The molecule has 0 spiro atoms. The lowest BCUT2D eigenvalue weighted by atomic mass is 10.1. The Kier molecular flexibility index (Phi) is 15.1. The highest BCUT2D eigenvalue weighted by Gasteiger charge is 1.83. The van der Waals surface area contributed by atoms with Crippen LogP contribution in [-0.2, 0) is 0 Å². The minimum absolute atomic E-state index is 1.32. The zero-order valence-corrected chi connectivity index (χ0v) is 14.2. The van der Waals surface area contributed by atoms with Gasteiger partial charge in [-0.25, -0.2) is 0 Å². The molecule has 0 nitrogen and oxygen atoms in total. The molecule has 20 heavy (non-hydrogen) atoms. The monoisotopic (exact) mass is 290 g/mol. The van der Waals surface area contributed by atoms with Gasteiger partial charge in [-0.3, -0.25) is 0 Å². The van der Waals surface area contributed by atoms with E-state index in [9.17, 15) is 0 Å². The van der Waals surface area contributed by atoms with E-state index >= 15 is 0 Å². The summed E-state index contributed by atoms with van der Waals surface area (Å²) >= 11 is 1.71. The van der Waals surface area contributed by atoms with E-state index in [1.807, 2.05) is 41.1 Å². The van der Waals surface area contributed by atoms with Crippen LogP contribution in [0.2, 0.25) is 0 Å². The fraction of sp³-hybridized carbons (Fsp3) is 0.474. The molecule has 0 aliphatic carbocycles. The number of aryl methyl sites for hydroxylation is 1. The summed E-state index contributed by atoms with van der Waals surface area (Å²) in [6, 6.07) is 14.3. The molecular weight excluding hydrogens is 260 g/mol. The van der Waals surface area contributed by atoms with Crippen LogP contribution in [0.4, 0.5) is 0 Å². The number of unbranched alkanes of at least 4 members (excludes halogenated alkanes) is 5. The molecule has 1 heterocycles. The van der Waals surface area contributed by atoms with Crippen molar-refractivity contribution in [2.75, 3.05) is 0 Å². The van der Waals surface area contributed by atoms with Crippen molar-refractivity contribution in [3.8, 4) is 0 Å². The first-order valence-electron chi connectivity index (χ1n) is 7.80. The normalized spacial score (nSPS) is 8.95. The lowest BCUT2D eigenvalue weighted by Gasteiger charge is -1.93. The Bertz CT molecular complexity index is 327. The molecule has 2 aromatic rings. The minimum Gasteiger partial charge on any atom is -0.152 e. The van der Waals surface area contributed by atoms with E-state index in [2.05, 4.69) is 32.9 Å². The molecule has 112 valence electrons. The predicted octanol–water partition coefficient (Wildman–Crippen LogP) is 7.11. The van der Waals surface area contributed by atoms with Crippen molar-refractivity contribution in [3.63, 3.8) is 0 Å². The molecule has 0 bridgehead atoms. The van der Waals surface area contributed by atoms with E-state index in [0.717, 1.165) is 0 Å². The Hall–Kier alpha value is -1.08. The van der Waals surface area contributed by atoms with Gasteiger partial charge in [0.1, 0.15) is 0 Å². The van der Waals surface area contributed by atoms with Crippen molar-refractivity contribution in [1.82, 2.24) is 0 Å². The van der Waals surface area contributed by atoms with Gasteiger partial charge >= 0.3 is 0 Å². The molecule has 0 aliphatic rings. The van der Waals surface area contributed by atoms with Crippen LogP contribution in [0.3, 0.4) is 0 Å². The van der Waals surface area contributed by atoms with Crippen molar-refractivity contribution >= 4 is 11.3 Å². The van der Waals surface area contributed by atoms with Gasteiger partial charge in [0.15, 0.2) is 0 Å². The molecule has 0 fully saturated rings. The van der Waals surface area contributed by atoms with Gasteiger partial charge in [-0.05, 0) is 17.7 Å². The molecule has 0 atom stereocenters. The molecule has 0 saturated heterocycles. The Morgan fingerprint density at radius 3 is 1.45 bits per heavy atom. The van der Waals surface area contributed by atoms with Crippen molar-refractivity contribution in [2.45, 2.75) is 59.3 Å². The van der Waals surface area contributed by atoms with Crippen molar-refractivity contribution < 1.29 is 0 Å². The minimum atomic E-state index is 1.32. The van der Waals surface area contributed by atoms with Crippen molar-refractivity contribution in [3.05, 3.63) is 58.8 Å². The molecular formula is C19H30S. The zero-order chi connectivity index (χ0) is 14.9. The van der Waals surface area contributed by atoms with Crippen LogP contribution in [0.15, 0.2) is 53.2 Å². The Balaban J connectivity index is 0.000000276. The van der Waals surface area contributed by atoms with Crippen LogP contribution in [0, 0.1) is 6.92 Å². The molecule has 2 rings (SSSR count). The highest BCUT2D eigenvalue weighted by molar-refractivity contribution is 7.07. The van der Waals surface area contributed by atoms with Gasteiger partial charge < -0.3 is 0 Å². The maximum absolute atomic E-state index is 2.26. The molecule has 0 aliphatic heterocycles. The molecule has 0 saturated carbocycles. The Morgan fingerprint density at radius 2 is 1.20 bits per heavy atom. The van der Waals surface area contributed by atoms with Crippen molar-refractivity contribution in [2.24, 2.45) is 0 Å². The Morgan fingerprint density at radius 1 is 0.700 bits per heavy atom. The SMILES string of the molecule is CCCCCCCC.Cc1ccccc1.c1ccsc1. The maximum Gasteiger partial charge on any atom is -0.00934 e. The topological polar surface area (TPSA) is 0 Å². The summed E-state index contributed by atoms with van der Waals surface area (Å²) in [6.07, 6.45) is 8.49. The molecule has 1 aromatic heterocycles. The van der Waals surface area contributed by atoms with Crippen LogP contribution < -0.4 is 0 Å². The summed E-state index contributed by atoms with van der Waals surface area (Å²) in [5, 5.41) is 4.08. The number of hydrogen-bond donors (Lipinski definition) is 0. The average molecular weight is 291 g/mol. The summed E-state index contributed by atoms with van der Waals surface area (Å²) in [5.74, 6) is 0. The molecule has 0 amide bonds. The summed E-state index contributed by atoms with van der Waals surface area (Å²) in [4.78, 5) is 0. The third kappa shape index (κ3) is 15.0. The number of rotatable bonds is 5. The maximum atomic E-state index is 2.26. The van der Waals surface area contributed by atoms with Gasteiger partial charge in [0, 0.05) is 0 Å². The van der Waals surface area contributed by atoms with Gasteiger partial charge in [-0.15, -0.1) is 0 Å². The molecule has 0 radical (unpaired) electrons. The largest absolute Gasteiger partial charge is 0.152 e.